The highest BCUT2D eigenvalue weighted by Gasteiger charge is 1.94. The Labute approximate surface area is 83.8 Å². The Kier molecular flexibility index (Phi) is 5.63. The van der Waals surface area contributed by atoms with Crippen molar-refractivity contribution >= 4 is 29.0 Å². The summed E-state index contributed by atoms with van der Waals surface area (Å²) >= 11 is 4.85. The number of allylic oxidation sites excluding steroid dienone is 1. The maximum atomic E-state index is 5.44. The van der Waals surface area contributed by atoms with Crippen molar-refractivity contribution in [2.24, 2.45) is 15.7 Å². The normalized spacial score (nSPS) is 11.6. The van der Waals surface area contributed by atoms with E-state index >= 15 is 0 Å². The Morgan fingerprint density at radius 3 is 2.62 bits per heavy atom. The minimum atomic E-state index is 0.366. The lowest BCUT2D eigenvalue weighted by molar-refractivity contribution is 1.33. The molecule has 0 radical (unpaired) electrons. The second-order valence-corrected chi connectivity index (χ2v) is 3.09. The van der Waals surface area contributed by atoms with Crippen LogP contribution in [0.25, 0.3) is 0 Å². The summed E-state index contributed by atoms with van der Waals surface area (Å²) in [5.41, 5.74) is 6.33. The smallest absolute Gasteiger partial charge is 0.103 e. The lowest BCUT2D eigenvalue weighted by atomic mass is 10.3. The van der Waals surface area contributed by atoms with Crippen molar-refractivity contribution in [2.45, 2.75) is 6.92 Å². The molecule has 0 aromatic carbocycles. The molecule has 70 valence electrons. The van der Waals surface area contributed by atoms with Gasteiger partial charge in [0.25, 0.3) is 0 Å². The fraction of sp³-hybridized carbons (Fsp3) is 0.222. The van der Waals surface area contributed by atoms with Crippen LogP contribution in [0.1, 0.15) is 6.92 Å². The minimum absolute atomic E-state index is 0.366. The predicted octanol–water partition coefficient (Wildman–Crippen LogP) is 1.50. The van der Waals surface area contributed by atoms with Crippen LogP contribution in [0.15, 0.2) is 35.0 Å². The van der Waals surface area contributed by atoms with Gasteiger partial charge >= 0.3 is 0 Å². The summed E-state index contributed by atoms with van der Waals surface area (Å²) in [6.07, 6.45) is 2.93. The summed E-state index contributed by atoms with van der Waals surface area (Å²) < 4.78 is 0. The first-order valence-corrected chi connectivity index (χ1v) is 4.11. The topological polar surface area (TPSA) is 50.7 Å². The predicted molar refractivity (Wildman–Crippen MR) is 62.6 cm³/mol. The molecule has 0 aromatic rings. The van der Waals surface area contributed by atoms with Crippen LogP contribution in [0.5, 0.6) is 0 Å². The standard InChI is InChI=1S/C9H13N3S/c1-4-12-9(8(3)10)6-11-5-7(2)13/h4,6H,1,3,5,10H2,2H3. The van der Waals surface area contributed by atoms with E-state index in [1.165, 1.54) is 6.20 Å². The van der Waals surface area contributed by atoms with E-state index in [2.05, 4.69) is 23.1 Å². The molecule has 2 N–H and O–H groups in total. The molecule has 0 atom stereocenters. The van der Waals surface area contributed by atoms with Crippen molar-refractivity contribution < 1.29 is 0 Å². The second kappa shape index (κ2) is 6.25. The summed E-state index contributed by atoms with van der Waals surface area (Å²) in [6.45, 7) is 9.33. The molecule has 0 amide bonds. The van der Waals surface area contributed by atoms with Crippen molar-refractivity contribution in [1.29, 1.82) is 0 Å². The summed E-state index contributed by atoms with van der Waals surface area (Å²) in [6, 6.07) is 0. The molecule has 0 bridgehead atoms. The maximum Gasteiger partial charge on any atom is 0.103 e. The van der Waals surface area contributed by atoms with E-state index in [1.807, 2.05) is 6.92 Å². The van der Waals surface area contributed by atoms with Crippen molar-refractivity contribution in [2.75, 3.05) is 6.54 Å². The number of hydrogen-bond donors (Lipinski definition) is 1. The number of thiocarbonyl (C=S) groups is 1. The quantitative estimate of drug-likeness (QED) is 0.534. The highest BCUT2D eigenvalue weighted by Crippen LogP contribution is 1.86. The Bertz CT molecular complexity index is 277. The van der Waals surface area contributed by atoms with E-state index in [9.17, 15) is 0 Å². The molecular formula is C9H13N3S. The number of aliphatic imine (C=N–C) groups is 2. The van der Waals surface area contributed by atoms with Gasteiger partial charge < -0.3 is 5.73 Å². The lowest BCUT2D eigenvalue weighted by Crippen LogP contribution is -2.11. The van der Waals surface area contributed by atoms with Crippen LogP contribution in [-0.4, -0.2) is 23.3 Å². The molecule has 0 unspecified atom stereocenters. The third-order valence-electron chi connectivity index (χ3n) is 1.09. The van der Waals surface area contributed by atoms with Crippen LogP contribution in [0.2, 0.25) is 0 Å². The zero-order valence-corrected chi connectivity index (χ0v) is 8.47. The highest BCUT2D eigenvalue weighted by molar-refractivity contribution is 7.80. The van der Waals surface area contributed by atoms with Crippen LogP contribution >= 0.6 is 12.2 Å². The summed E-state index contributed by atoms with van der Waals surface area (Å²) in [7, 11) is 0. The Balaban J connectivity index is 4.35. The van der Waals surface area contributed by atoms with E-state index in [0.717, 1.165) is 4.86 Å². The monoisotopic (exact) mass is 195 g/mol. The van der Waals surface area contributed by atoms with Crippen LogP contribution in [0.4, 0.5) is 0 Å². The van der Waals surface area contributed by atoms with Gasteiger partial charge in [-0.1, -0.05) is 25.4 Å². The third kappa shape index (κ3) is 5.93. The first-order chi connectivity index (χ1) is 6.07. The molecule has 0 saturated carbocycles. The molecule has 0 aromatic heterocycles. The molecule has 0 aliphatic heterocycles. The number of hydrogen-bond acceptors (Lipinski definition) is 4. The first-order valence-electron chi connectivity index (χ1n) is 3.70. The van der Waals surface area contributed by atoms with Gasteiger partial charge in [0.2, 0.25) is 0 Å². The number of rotatable bonds is 5. The fourth-order valence-corrected chi connectivity index (χ4v) is 0.633. The zero-order valence-electron chi connectivity index (χ0n) is 7.66. The van der Waals surface area contributed by atoms with E-state index in [-0.39, 0.29) is 0 Å². The van der Waals surface area contributed by atoms with E-state index in [4.69, 9.17) is 18.0 Å². The summed E-state index contributed by atoms with van der Waals surface area (Å²) in [5, 5.41) is 0. The molecule has 4 heteroatoms. The molecule has 0 spiro atoms. The van der Waals surface area contributed by atoms with Gasteiger partial charge in [0.05, 0.1) is 12.2 Å². The summed E-state index contributed by atoms with van der Waals surface area (Å²) in [4.78, 5) is 8.73. The van der Waals surface area contributed by atoms with E-state index < -0.39 is 0 Å². The first kappa shape index (κ1) is 11.7. The maximum absolute atomic E-state index is 5.44. The Morgan fingerprint density at radius 2 is 2.23 bits per heavy atom. The SMILES string of the molecule is C=CN=C(C=NCC(C)=S)C(=C)N. The minimum Gasteiger partial charge on any atom is -0.397 e. The van der Waals surface area contributed by atoms with Gasteiger partial charge in [0.15, 0.2) is 0 Å². The van der Waals surface area contributed by atoms with Crippen molar-refractivity contribution in [3.05, 3.63) is 25.1 Å². The van der Waals surface area contributed by atoms with Crippen LogP contribution < -0.4 is 5.73 Å². The number of nitrogens with two attached hydrogens (primary N) is 1. The molecule has 0 heterocycles. The van der Waals surface area contributed by atoms with Gasteiger partial charge in [-0.15, -0.1) is 0 Å². The van der Waals surface area contributed by atoms with Gasteiger partial charge in [-0.05, 0) is 6.92 Å². The zero-order chi connectivity index (χ0) is 10.3. The number of nitrogens with zero attached hydrogens (tertiary/aromatic N) is 2. The molecule has 0 aliphatic rings. The third-order valence-corrected chi connectivity index (χ3v) is 1.22. The van der Waals surface area contributed by atoms with Gasteiger partial charge in [0.1, 0.15) is 5.71 Å². The van der Waals surface area contributed by atoms with Crippen molar-refractivity contribution in [3.8, 4) is 0 Å². The lowest BCUT2D eigenvalue weighted by Gasteiger charge is -1.96. The van der Waals surface area contributed by atoms with Gasteiger partial charge in [-0.2, -0.15) is 0 Å². The summed E-state index contributed by atoms with van der Waals surface area (Å²) in [5.74, 6) is 0. The van der Waals surface area contributed by atoms with Crippen molar-refractivity contribution in [1.82, 2.24) is 0 Å². The van der Waals surface area contributed by atoms with Crippen LogP contribution in [-0.2, 0) is 0 Å². The largest absolute Gasteiger partial charge is 0.397 e. The van der Waals surface area contributed by atoms with Gasteiger partial charge in [-0.3, -0.25) is 9.98 Å². The average Bonchev–Trinajstić information content (AvgIpc) is 2.02. The molecular weight excluding hydrogens is 182 g/mol. The Morgan fingerprint density at radius 1 is 1.62 bits per heavy atom. The fourth-order valence-electron chi connectivity index (χ4n) is 0.558. The van der Waals surface area contributed by atoms with Crippen molar-refractivity contribution in [3.63, 3.8) is 0 Å². The molecule has 0 saturated heterocycles. The van der Waals surface area contributed by atoms with Gasteiger partial charge in [-0.25, -0.2) is 0 Å². The van der Waals surface area contributed by atoms with Gasteiger partial charge in [0, 0.05) is 17.3 Å². The molecule has 13 heavy (non-hydrogen) atoms. The average molecular weight is 195 g/mol. The van der Waals surface area contributed by atoms with E-state index in [0.29, 0.717) is 18.0 Å². The second-order valence-electron chi connectivity index (χ2n) is 2.39. The molecule has 0 fully saturated rings. The highest BCUT2D eigenvalue weighted by atomic mass is 32.1. The van der Waals surface area contributed by atoms with Crippen LogP contribution in [0.3, 0.4) is 0 Å². The molecule has 0 rings (SSSR count). The molecule has 0 aliphatic carbocycles. The van der Waals surface area contributed by atoms with E-state index in [1.54, 1.807) is 6.21 Å². The van der Waals surface area contributed by atoms with Crippen LogP contribution in [0, 0.1) is 0 Å². The molecule has 3 nitrogen and oxygen atoms in total. The Hall–Kier alpha value is -1.29.